The number of amides is 3. The smallest absolute Gasteiger partial charge is 0.329 e. The predicted molar refractivity (Wildman–Crippen MR) is 221 cm³/mol. The van der Waals surface area contributed by atoms with Crippen molar-refractivity contribution >= 4 is 72.5 Å². The zero-order chi connectivity index (χ0) is 38.2. The summed E-state index contributed by atoms with van der Waals surface area (Å²) in [4.78, 5) is 61.2. The third-order valence-corrected chi connectivity index (χ3v) is 13.6. The van der Waals surface area contributed by atoms with E-state index in [-0.39, 0.29) is 30.0 Å². The van der Waals surface area contributed by atoms with Gasteiger partial charge >= 0.3 is 5.69 Å². The normalized spacial score (nSPS) is 23.1. The molecule has 6 heterocycles. The van der Waals surface area contributed by atoms with Crippen LogP contribution >= 0.6 is 11.3 Å². The van der Waals surface area contributed by atoms with Gasteiger partial charge in [-0.25, -0.2) is 9.78 Å². The average molecular weight is 769 g/mol. The molecular weight excluding hydrogens is 725 g/mol. The molecule has 10 rings (SSSR count). The lowest BCUT2D eigenvalue weighted by atomic mass is 9.71. The molecule has 3 amide bonds. The first-order chi connectivity index (χ1) is 27.2. The van der Waals surface area contributed by atoms with Crippen molar-refractivity contribution in [2.24, 2.45) is 13.0 Å². The summed E-state index contributed by atoms with van der Waals surface area (Å²) in [5.74, 6) is 0.405. The zero-order valence-corrected chi connectivity index (χ0v) is 32.3. The van der Waals surface area contributed by atoms with Gasteiger partial charge < -0.3 is 15.5 Å². The average Bonchev–Trinajstić information content (AvgIpc) is 3.64. The Kier molecular flexibility index (Phi) is 8.48. The molecular formula is C43H44N8O4S. The van der Waals surface area contributed by atoms with Gasteiger partial charge in [-0.3, -0.25) is 33.7 Å². The number of piperazine rings is 1. The molecule has 0 spiro atoms. The summed E-state index contributed by atoms with van der Waals surface area (Å²) >= 11 is 1.53. The van der Waals surface area contributed by atoms with Crippen LogP contribution in [-0.4, -0.2) is 82.1 Å². The quantitative estimate of drug-likeness (QED) is 0.187. The van der Waals surface area contributed by atoms with Gasteiger partial charge in [0.15, 0.2) is 0 Å². The van der Waals surface area contributed by atoms with E-state index in [0.29, 0.717) is 24.8 Å². The highest BCUT2D eigenvalue weighted by atomic mass is 32.1. The molecule has 3 N–H and O–H groups in total. The number of pyridine rings is 1. The fourth-order valence-electron chi connectivity index (χ4n) is 9.30. The number of nitrogens with one attached hydrogen (secondary N) is 3. The Hall–Kier alpha value is -5.53. The van der Waals surface area contributed by atoms with Gasteiger partial charge in [0.2, 0.25) is 11.8 Å². The third-order valence-electron chi connectivity index (χ3n) is 12.5. The molecule has 4 aliphatic rings. The third kappa shape index (κ3) is 5.95. The number of nitrogens with zero attached hydrogens (tertiary/aromatic N) is 5. The Morgan fingerprint density at radius 3 is 2.48 bits per heavy atom. The molecule has 1 unspecified atom stereocenters. The van der Waals surface area contributed by atoms with Crippen LogP contribution in [0.1, 0.15) is 59.8 Å². The van der Waals surface area contributed by atoms with Crippen LogP contribution in [0.3, 0.4) is 0 Å². The van der Waals surface area contributed by atoms with Crippen molar-refractivity contribution in [3.63, 3.8) is 0 Å². The van der Waals surface area contributed by atoms with Crippen LogP contribution in [0.25, 0.3) is 43.3 Å². The second-order valence-electron chi connectivity index (χ2n) is 16.1. The van der Waals surface area contributed by atoms with Crippen LogP contribution in [0.5, 0.6) is 0 Å². The minimum absolute atomic E-state index is 0.0182. The lowest BCUT2D eigenvalue weighted by molar-refractivity contribution is -0.135. The van der Waals surface area contributed by atoms with E-state index in [0.717, 1.165) is 99.4 Å². The fraction of sp³-hybridized carbons (Fsp3) is 0.372. The zero-order valence-electron chi connectivity index (χ0n) is 31.5. The molecule has 6 aromatic rings. The van der Waals surface area contributed by atoms with Gasteiger partial charge in [0.05, 0.1) is 27.9 Å². The van der Waals surface area contributed by atoms with Gasteiger partial charge in [0.25, 0.3) is 5.91 Å². The van der Waals surface area contributed by atoms with Crippen molar-refractivity contribution in [3.8, 4) is 11.3 Å². The van der Waals surface area contributed by atoms with Crippen molar-refractivity contribution in [1.29, 1.82) is 0 Å². The standard InChI is InChI=1S/C43H44N8O4S/c1-24-22-44-39-38-30-8-9-31(46-32(30)10-13-36(38)56-40(39)42(54)45-24)26-3-6-29(7-4-26)50-17-15-49(16-18-50)23-25-19-28(20-25)27-5-11-33-35(21-27)48(2)43(55)51(33)34-12-14-37(52)47-41(34)53/h3-11,13,21,24-25,28,34,44H,12,14-20,22-23H2,1-2H3,(H,45,54)(H,47,52,53)/t24-,25-,28+,34?/m1/s1. The topological polar surface area (TPSA) is 134 Å². The molecule has 3 aliphatic heterocycles. The number of imidazole rings is 1. The van der Waals surface area contributed by atoms with E-state index < -0.39 is 11.9 Å². The van der Waals surface area contributed by atoms with Gasteiger partial charge in [0.1, 0.15) is 10.9 Å². The highest BCUT2D eigenvalue weighted by molar-refractivity contribution is 7.21. The second kappa shape index (κ2) is 13.6. The number of piperidine rings is 1. The molecule has 1 aliphatic carbocycles. The van der Waals surface area contributed by atoms with Gasteiger partial charge in [0, 0.05) is 85.5 Å². The molecule has 286 valence electrons. The fourth-order valence-corrected chi connectivity index (χ4v) is 10.4. The Morgan fingerprint density at radius 2 is 1.70 bits per heavy atom. The maximum atomic E-state index is 13.2. The molecule has 2 saturated heterocycles. The summed E-state index contributed by atoms with van der Waals surface area (Å²) in [5, 5.41) is 11.1. The predicted octanol–water partition coefficient (Wildman–Crippen LogP) is 5.61. The molecule has 0 radical (unpaired) electrons. The monoisotopic (exact) mass is 768 g/mol. The van der Waals surface area contributed by atoms with Crippen molar-refractivity contribution < 1.29 is 14.4 Å². The number of aryl methyl sites for hydroxylation is 1. The first kappa shape index (κ1) is 34.9. The molecule has 2 atom stereocenters. The molecule has 3 fully saturated rings. The number of anilines is 2. The van der Waals surface area contributed by atoms with Gasteiger partial charge in [-0.15, -0.1) is 11.3 Å². The lowest BCUT2D eigenvalue weighted by Crippen LogP contribution is -2.48. The number of hydrogen-bond donors (Lipinski definition) is 3. The van der Waals surface area contributed by atoms with Gasteiger partial charge in [-0.2, -0.15) is 0 Å². The van der Waals surface area contributed by atoms with Crippen molar-refractivity contribution in [1.82, 2.24) is 29.7 Å². The Balaban J connectivity index is 0.753. The number of imide groups is 1. The van der Waals surface area contributed by atoms with Crippen LogP contribution in [0, 0.1) is 5.92 Å². The van der Waals surface area contributed by atoms with Crippen LogP contribution in [0.2, 0.25) is 0 Å². The van der Waals surface area contributed by atoms with Gasteiger partial charge in [-0.1, -0.05) is 18.2 Å². The minimum atomic E-state index is -0.666. The Bertz CT molecular complexity index is 2630. The summed E-state index contributed by atoms with van der Waals surface area (Å²) in [5.41, 5.74) is 7.67. The van der Waals surface area contributed by atoms with Crippen LogP contribution in [0.15, 0.2) is 71.5 Å². The molecule has 0 bridgehead atoms. The summed E-state index contributed by atoms with van der Waals surface area (Å²) in [6, 6.07) is 22.7. The Morgan fingerprint density at radius 1 is 0.893 bits per heavy atom. The summed E-state index contributed by atoms with van der Waals surface area (Å²) in [6.45, 7) is 7.85. The van der Waals surface area contributed by atoms with E-state index >= 15 is 0 Å². The second-order valence-corrected chi connectivity index (χ2v) is 17.1. The summed E-state index contributed by atoms with van der Waals surface area (Å²) < 4.78 is 4.26. The van der Waals surface area contributed by atoms with E-state index in [2.05, 4.69) is 86.4 Å². The molecule has 3 aromatic heterocycles. The number of benzene rings is 3. The summed E-state index contributed by atoms with van der Waals surface area (Å²) in [6.07, 6.45) is 2.83. The van der Waals surface area contributed by atoms with Crippen LogP contribution in [-0.2, 0) is 16.6 Å². The van der Waals surface area contributed by atoms with Crippen molar-refractivity contribution in [2.45, 2.75) is 50.6 Å². The largest absolute Gasteiger partial charge is 0.381 e. The van der Waals surface area contributed by atoms with E-state index in [9.17, 15) is 19.2 Å². The maximum absolute atomic E-state index is 13.2. The SMILES string of the molecule is C[C@@H]1CNc2c(sc3ccc4nc(-c5ccc(N6CCN(C[C@H]7C[C@@H](c8ccc9c(c8)n(C)c(=O)n9C8CCC(=O)NC8=O)C7)CC6)cc5)ccc4c23)C(=O)N1. The first-order valence-corrected chi connectivity index (χ1v) is 20.5. The van der Waals surface area contributed by atoms with Crippen molar-refractivity contribution in [2.75, 3.05) is 49.5 Å². The maximum Gasteiger partial charge on any atom is 0.329 e. The Labute approximate surface area is 327 Å². The number of aromatic nitrogens is 3. The van der Waals surface area contributed by atoms with E-state index in [1.54, 1.807) is 16.2 Å². The molecule has 3 aromatic carbocycles. The molecule has 12 nitrogen and oxygen atoms in total. The number of carbonyl (C=O) groups excluding carboxylic acids is 3. The summed E-state index contributed by atoms with van der Waals surface area (Å²) in [7, 11) is 1.76. The molecule has 13 heteroatoms. The van der Waals surface area contributed by atoms with Crippen LogP contribution < -0.4 is 26.5 Å². The van der Waals surface area contributed by atoms with E-state index in [1.807, 2.05) is 13.0 Å². The highest BCUT2D eigenvalue weighted by Gasteiger charge is 2.35. The first-order valence-electron chi connectivity index (χ1n) is 19.7. The highest BCUT2D eigenvalue weighted by Crippen LogP contribution is 2.44. The van der Waals surface area contributed by atoms with Crippen molar-refractivity contribution in [3.05, 3.63) is 87.7 Å². The number of carbonyl (C=O) groups is 3. The minimum Gasteiger partial charge on any atom is -0.381 e. The van der Waals surface area contributed by atoms with E-state index in [4.69, 9.17) is 4.98 Å². The van der Waals surface area contributed by atoms with Gasteiger partial charge in [-0.05, 0) is 92.1 Å². The number of hydrogen-bond acceptors (Lipinski definition) is 9. The lowest BCUT2D eigenvalue weighted by Gasteiger charge is -2.42. The number of thiophene rings is 1. The number of fused-ring (bicyclic) bond motifs is 6. The van der Waals surface area contributed by atoms with Crippen LogP contribution in [0.4, 0.5) is 11.4 Å². The van der Waals surface area contributed by atoms with E-state index in [1.165, 1.54) is 22.6 Å². The molecule has 1 saturated carbocycles. The molecule has 56 heavy (non-hydrogen) atoms. The number of rotatable bonds is 6.